The largest absolute Gasteiger partial charge is 0.381 e. The molecule has 0 aromatic rings. The van der Waals surface area contributed by atoms with E-state index >= 15 is 0 Å². The Morgan fingerprint density at radius 3 is 2.38 bits per heavy atom. The lowest BCUT2D eigenvalue weighted by Gasteiger charge is -2.44. The van der Waals surface area contributed by atoms with Gasteiger partial charge in [-0.05, 0) is 38.0 Å². The number of aliphatic imine (C=N–C) groups is 1. The van der Waals surface area contributed by atoms with E-state index in [1.54, 1.807) is 0 Å². The molecule has 2 heterocycles. The maximum atomic E-state index is 5.89. The number of nitrogens with one attached hydrogen (secondary N) is 1. The van der Waals surface area contributed by atoms with Crippen molar-refractivity contribution in [2.24, 2.45) is 10.4 Å². The van der Waals surface area contributed by atoms with Crippen LogP contribution in [0.5, 0.6) is 0 Å². The van der Waals surface area contributed by atoms with E-state index in [9.17, 15) is 0 Å². The molecule has 0 amide bonds. The molecule has 26 heavy (non-hydrogen) atoms. The Morgan fingerprint density at radius 1 is 1.04 bits per heavy atom. The number of piperidine rings is 1. The van der Waals surface area contributed by atoms with Crippen LogP contribution in [0.15, 0.2) is 4.99 Å². The predicted octanol–water partition coefficient (Wildman–Crippen LogP) is 3.58. The Balaban J connectivity index is 1.69. The molecular formula is C21H39N3O2. The molecule has 0 aromatic heterocycles. The highest BCUT2D eigenvalue weighted by atomic mass is 16.5. The van der Waals surface area contributed by atoms with Crippen molar-refractivity contribution >= 4 is 5.96 Å². The lowest BCUT2D eigenvalue weighted by atomic mass is 9.74. The third kappa shape index (κ3) is 4.92. The summed E-state index contributed by atoms with van der Waals surface area (Å²) in [6.07, 6.45) is 13.1. The van der Waals surface area contributed by atoms with Gasteiger partial charge in [0.15, 0.2) is 5.96 Å². The van der Waals surface area contributed by atoms with Crippen molar-refractivity contribution in [2.75, 3.05) is 46.5 Å². The van der Waals surface area contributed by atoms with Gasteiger partial charge in [-0.2, -0.15) is 0 Å². The Bertz CT molecular complexity index is 452. The van der Waals surface area contributed by atoms with Gasteiger partial charge in [-0.1, -0.05) is 25.7 Å². The average Bonchev–Trinajstić information content (AvgIpc) is 2.91. The van der Waals surface area contributed by atoms with E-state index in [2.05, 4.69) is 17.1 Å². The summed E-state index contributed by atoms with van der Waals surface area (Å²) in [5.74, 6) is 1.10. The molecule has 1 N–H and O–H groups in total. The number of nitrogens with zero attached hydrogens (tertiary/aromatic N) is 2. The van der Waals surface area contributed by atoms with Crippen molar-refractivity contribution in [1.82, 2.24) is 10.2 Å². The first-order chi connectivity index (χ1) is 12.7. The van der Waals surface area contributed by atoms with Crippen LogP contribution in [0, 0.1) is 5.41 Å². The zero-order valence-corrected chi connectivity index (χ0v) is 17.0. The van der Waals surface area contributed by atoms with E-state index in [0.717, 1.165) is 51.6 Å². The van der Waals surface area contributed by atoms with Gasteiger partial charge in [0.25, 0.3) is 0 Å². The van der Waals surface area contributed by atoms with Crippen LogP contribution in [0.25, 0.3) is 0 Å². The normalized spacial score (nSPS) is 26.5. The number of likely N-dealkylation sites (tertiary alicyclic amines) is 1. The van der Waals surface area contributed by atoms with Gasteiger partial charge in [0.2, 0.25) is 0 Å². The second kappa shape index (κ2) is 9.41. The molecule has 2 aliphatic heterocycles. The molecule has 1 spiro atoms. The van der Waals surface area contributed by atoms with Gasteiger partial charge in [-0.15, -0.1) is 0 Å². The third-order valence-electron chi connectivity index (χ3n) is 6.81. The summed E-state index contributed by atoms with van der Waals surface area (Å²) in [7, 11) is 1.83. The molecule has 0 radical (unpaired) electrons. The predicted molar refractivity (Wildman–Crippen MR) is 107 cm³/mol. The van der Waals surface area contributed by atoms with E-state index in [1.807, 2.05) is 7.11 Å². The third-order valence-corrected chi connectivity index (χ3v) is 6.81. The van der Waals surface area contributed by atoms with Crippen molar-refractivity contribution < 1.29 is 9.47 Å². The minimum atomic E-state index is -0.144. The Morgan fingerprint density at radius 2 is 1.73 bits per heavy atom. The fourth-order valence-corrected chi connectivity index (χ4v) is 5.09. The first-order valence-corrected chi connectivity index (χ1v) is 10.9. The second-order valence-electron chi connectivity index (χ2n) is 8.61. The van der Waals surface area contributed by atoms with Crippen molar-refractivity contribution in [2.45, 2.75) is 76.7 Å². The highest BCUT2D eigenvalue weighted by molar-refractivity contribution is 5.80. The summed E-state index contributed by atoms with van der Waals surface area (Å²) in [5.41, 5.74) is 0.386. The van der Waals surface area contributed by atoms with Crippen LogP contribution >= 0.6 is 0 Å². The lowest BCUT2D eigenvalue weighted by Crippen LogP contribution is -2.51. The van der Waals surface area contributed by atoms with E-state index in [4.69, 9.17) is 14.5 Å². The van der Waals surface area contributed by atoms with Gasteiger partial charge in [0.1, 0.15) is 0 Å². The quantitative estimate of drug-likeness (QED) is 0.611. The molecule has 1 aliphatic carbocycles. The van der Waals surface area contributed by atoms with Crippen LogP contribution in [-0.2, 0) is 9.47 Å². The van der Waals surface area contributed by atoms with E-state index in [-0.39, 0.29) is 5.60 Å². The summed E-state index contributed by atoms with van der Waals surface area (Å²) >= 11 is 0. The molecule has 150 valence electrons. The van der Waals surface area contributed by atoms with Gasteiger partial charge in [0.05, 0.1) is 12.1 Å². The molecule has 0 atom stereocenters. The number of methoxy groups -OCH3 is 1. The standard InChI is InChI=1S/C21H39N3O2/c1-3-22-19(23-17-21(25-2)12-15-26-16-13-21)24-14-8-11-20(18-24)9-6-4-5-7-10-20/h3-18H2,1-2H3,(H,22,23). The van der Waals surface area contributed by atoms with E-state index in [0.29, 0.717) is 5.41 Å². The van der Waals surface area contributed by atoms with Crippen molar-refractivity contribution in [3.8, 4) is 0 Å². The van der Waals surface area contributed by atoms with E-state index < -0.39 is 0 Å². The molecule has 5 nitrogen and oxygen atoms in total. The summed E-state index contributed by atoms with van der Waals surface area (Å²) in [6.45, 7) is 7.71. The minimum absolute atomic E-state index is 0.144. The number of rotatable bonds is 4. The molecule has 3 fully saturated rings. The first-order valence-electron chi connectivity index (χ1n) is 10.9. The number of guanidine groups is 1. The molecule has 5 heteroatoms. The van der Waals surface area contributed by atoms with Gasteiger partial charge in [-0.25, -0.2) is 0 Å². The zero-order valence-electron chi connectivity index (χ0n) is 17.0. The molecule has 2 saturated heterocycles. The maximum absolute atomic E-state index is 5.89. The summed E-state index contributed by atoms with van der Waals surface area (Å²) in [6, 6.07) is 0. The molecule has 3 rings (SSSR count). The highest BCUT2D eigenvalue weighted by Crippen LogP contribution is 2.42. The van der Waals surface area contributed by atoms with Crippen LogP contribution in [0.2, 0.25) is 0 Å². The summed E-state index contributed by atoms with van der Waals surface area (Å²) in [5, 5.41) is 3.56. The highest BCUT2D eigenvalue weighted by Gasteiger charge is 2.37. The van der Waals surface area contributed by atoms with Crippen LogP contribution in [0.1, 0.15) is 71.1 Å². The molecule has 0 unspecified atom stereocenters. The Hall–Kier alpha value is -0.810. The maximum Gasteiger partial charge on any atom is 0.194 e. The van der Waals surface area contributed by atoms with E-state index in [1.165, 1.54) is 57.9 Å². The monoisotopic (exact) mass is 365 g/mol. The average molecular weight is 366 g/mol. The van der Waals surface area contributed by atoms with Crippen molar-refractivity contribution in [1.29, 1.82) is 0 Å². The first kappa shape index (κ1) is 19.9. The number of hydrogen-bond donors (Lipinski definition) is 1. The second-order valence-corrected chi connectivity index (χ2v) is 8.61. The number of hydrogen-bond acceptors (Lipinski definition) is 3. The lowest BCUT2D eigenvalue weighted by molar-refractivity contribution is -0.0830. The fourth-order valence-electron chi connectivity index (χ4n) is 5.09. The molecule has 0 bridgehead atoms. The fraction of sp³-hybridized carbons (Fsp3) is 0.952. The summed E-state index contributed by atoms with van der Waals surface area (Å²) in [4.78, 5) is 7.60. The molecule has 0 aromatic carbocycles. The Labute approximate surface area is 159 Å². The Kier molecular flexibility index (Phi) is 7.21. The van der Waals surface area contributed by atoms with Gasteiger partial charge < -0.3 is 19.7 Å². The van der Waals surface area contributed by atoms with Crippen LogP contribution < -0.4 is 5.32 Å². The van der Waals surface area contributed by atoms with Crippen molar-refractivity contribution in [3.05, 3.63) is 0 Å². The topological polar surface area (TPSA) is 46.1 Å². The zero-order chi connectivity index (χ0) is 18.3. The van der Waals surface area contributed by atoms with Crippen LogP contribution in [-0.4, -0.2) is 63.0 Å². The van der Waals surface area contributed by atoms with Gasteiger partial charge in [0, 0.05) is 52.8 Å². The van der Waals surface area contributed by atoms with Crippen LogP contribution in [0.3, 0.4) is 0 Å². The van der Waals surface area contributed by atoms with Crippen molar-refractivity contribution in [3.63, 3.8) is 0 Å². The van der Waals surface area contributed by atoms with Crippen LogP contribution in [0.4, 0.5) is 0 Å². The number of ether oxygens (including phenoxy) is 2. The molecular weight excluding hydrogens is 326 g/mol. The smallest absolute Gasteiger partial charge is 0.194 e. The minimum Gasteiger partial charge on any atom is -0.381 e. The molecule has 1 saturated carbocycles. The van der Waals surface area contributed by atoms with Gasteiger partial charge >= 0.3 is 0 Å². The van der Waals surface area contributed by atoms with Gasteiger partial charge in [-0.3, -0.25) is 4.99 Å². The SMILES string of the molecule is CCNC(=NCC1(OC)CCOCC1)N1CCCC2(CCCCCC2)C1. The summed E-state index contributed by atoms with van der Waals surface area (Å²) < 4.78 is 11.4. The molecule has 3 aliphatic rings.